The van der Waals surface area contributed by atoms with Crippen molar-refractivity contribution in [1.29, 1.82) is 5.26 Å². The van der Waals surface area contributed by atoms with Gasteiger partial charge in [0.2, 0.25) is 0 Å². The van der Waals surface area contributed by atoms with E-state index >= 15 is 0 Å². The highest BCUT2D eigenvalue weighted by molar-refractivity contribution is 5.90. The van der Waals surface area contributed by atoms with Crippen LogP contribution in [0.4, 0.5) is 5.82 Å². The second-order valence-corrected chi connectivity index (χ2v) is 5.83. The van der Waals surface area contributed by atoms with Crippen LogP contribution in [0.3, 0.4) is 0 Å². The Hall–Kier alpha value is -2.99. The number of nitriles is 1. The molecule has 0 saturated heterocycles. The molecule has 120 valence electrons. The second-order valence-electron chi connectivity index (χ2n) is 5.83. The Balaban J connectivity index is 2.32. The van der Waals surface area contributed by atoms with Crippen molar-refractivity contribution in [3.8, 4) is 28.5 Å². The summed E-state index contributed by atoms with van der Waals surface area (Å²) in [5.74, 6) is 0.559. The first-order chi connectivity index (χ1) is 11.8. The molecular weight excluding hydrogens is 294 g/mol. The third-order valence-corrected chi connectivity index (χ3v) is 4.26. The Bertz CT molecular complexity index is 856. The monoisotopic (exact) mass is 315 g/mol. The molecular formula is C21H21N3. The van der Waals surface area contributed by atoms with E-state index in [1.165, 1.54) is 0 Å². The lowest BCUT2D eigenvalue weighted by molar-refractivity contribution is 0.646. The van der Waals surface area contributed by atoms with Gasteiger partial charge in [-0.3, -0.25) is 0 Å². The van der Waals surface area contributed by atoms with Crippen LogP contribution < -0.4 is 5.73 Å². The zero-order chi connectivity index (χ0) is 16.9. The van der Waals surface area contributed by atoms with Crippen molar-refractivity contribution in [3.63, 3.8) is 0 Å². The van der Waals surface area contributed by atoms with Gasteiger partial charge in [-0.2, -0.15) is 5.26 Å². The van der Waals surface area contributed by atoms with Crippen LogP contribution in [-0.2, 0) is 6.54 Å². The molecule has 2 aromatic carbocycles. The maximum Gasteiger partial charge on any atom is 0.122 e. The predicted molar refractivity (Wildman–Crippen MR) is 99.3 cm³/mol. The van der Waals surface area contributed by atoms with E-state index in [1.807, 2.05) is 48.5 Å². The van der Waals surface area contributed by atoms with E-state index in [4.69, 9.17) is 5.73 Å². The minimum Gasteiger partial charge on any atom is -0.384 e. The molecule has 3 nitrogen and oxygen atoms in total. The number of nitrogen functional groups attached to an aromatic ring is 1. The number of anilines is 1. The Kier molecular flexibility index (Phi) is 4.67. The molecule has 0 aliphatic carbocycles. The number of hydrogen-bond acceptors (Lipinski definition) is 2. The van der Waals surface area contributed by atoms with Crippen molar-refractivity contribution in [1.82, 2.24) is 4.57 Å². The fourth-order valence-corrected chi connectivity index (χ4v) is 3.08. The topological polar surface area (TPSA) is 54.7 Å². The standard InChI is InChI=1S/C21H21N3/c1-2-3-14-24-20(17-12-8-5-9-13-17)19(18(15-22)21(24)23)16-10-6-4-7-11-16/h4-13H,2-3,14,23H2,1H3. The van der Waals surface area contributed by atoms with Gasteiger partial charge in [0.25, 0.3) is 0 Å². The quantitative estimate of drug-likeness (QED) is 0.714. The van der Waals surface area contributed by atoms with E-state index in [-0.39, 0.29) is 0 Å². The lowest BCUT2D eigenvalue weighted by atomic mass is 9.98. The molecule has 0 spiro atoms. The normalized spacial score (nSPS) is 10.5. The molecule has 3 rings (SSSR count). The van der Waals surface area contributed by atoms with Gasteiger partial charge in [-0.15, -0.1) is 0 Å². The zero-order valence-corrected chi connectivity index (χ0v) is 13.9. The van der Waals surface area contributed by atoms with Gasteiger partial charge in [-0.05, 0) is 17.5 Å². The number of rotatable bonds is 5. The molecule has 3 aromatic rings. The average molecular weight is 315 g/mol. The summed E-state index contributed by atoms with van der Waals surface area (Å²) in [4.78, 5) is 0. The molecule has 1 heterocycles. The maximum absolute atomic E-state index is 9.73. The first-order valence-electron chi connectivity index (χ1n) is 8.30. The number of hydrogen-bond donors (Lipinski definition) is 1. The Morgan fingerprint density at radius 3 is 2.08 bits per heavy atom. The van der Waals surface area contributed by atoms with Gasteiger partial charge in [0.05, 0.1) is 5.69 Å². The van der Waals surface area contributed by atoms with Crippen LogP contribution in [0.15, 0.2) is 60.7 Å². The van der Waals surface area contributed by atoms with Crippen LogP contribution in [0.1, 0.15) is 25.3 Å². The minimum absolute atomic E-state index is 0.559. The molecule has 0 saturated carbocycles. The predicted octanol–water partition coefficient (Wildman–Crippen LogP) is 5.08. The summed E-state index contributed by atoms with van der Waals surface area (Å²) in [6.07, 6.45) is 2.10. The lowest BCUT2D eigenvalue weighted by Crippen LogP contribution is -2.05. The fraction of sp³-hybridized carbons (Fsp3) is 0.190. The Morgan fingerprint density at radius 2 is 1.54 bits per heavy atom. The van der Waals surface area contributed by atoms with Crippen molar-refractivity contribution < 1.29 is 0 Å². The van der Waals surface area contributed by atoms with Gasteiger partial charge < -0.3 is 10.3 Å². The van der Waals surface area contributed by atoms with Gasteiger partial charge in [-0.1, -0.05) is 74.0 Å². The SMILES string of the molecule is CCCCn1c(N)c(C#N)c(-c2ccccc2)c1-c1ccccc1. The molecule has 0 fully saturated rings. The van der Waals surface area contributed by atoms with Crippen molar-refractivity contribution in [3.05, 3.63) is 66.2 Å². The van der Waals surface area contributed by atoms with Crippen LogP contribution in [0.5, 0.6) is 0 Å². The molecule has 0 radical (unpaired) electrons. The number of aromatic nitrogens is 1. The number of benzene rings is 2. The van der Waals surface area contributed by atoms with Gasteiger partial charge in [0, 0.05) is 12.1 Å². The van der Waals surface area contributed by atoms with Crippen molar-refractivity contribution in [2.45, 2.75) is 26.3 Å². The van der Waals surface area contributed by atoms with Crippen LogP contribution in [0, 0.1) is 11.3 Å². The molecule has 0 amide bonds. The molecule has 3 heteroatoms. The number of nitrogens with two attached hydrogens (primary N) is 1. The first-order valence-corrected chi connectivity index (χ1v) is 8.30. The molecule has 0 atom stereocenters. The van der Waals surface area contributed by atoms with E-state index in [1.54, 1.807) is 0 Å². The van der Waals surface area contributed by atoms with Crippen molar-refractivity contribution in [2.24, 2.45) is 0 Å². The highest BCUT2D eigenvalue weighted by atomic mass is 15.1. The van der Waals surface area contributed by atoms with E-state index in [0.29, 0.717) is 11.4 Å². The average Bonchev–Trinajstić information content (AvgIpc) is 2.93. The highest BCUT2D eigenvalue weighted by Crippen LogP contribution is 2.40. The summed E-state index contributed by atoms with van der Waals surface area (Å²) in [5.41, 5.74) is 11.0. The van der Waals surface area contributed by atoms with Gasteiger partial charge in [0.15, 0.2) is 0 Å². The van der Waals surface area contributed by atoms with Crippen molar-refractivity contribution >= 4 is 5.82 Å². The van der Waals surface area contributed by atoms with Gasteiger partial charge in [0.1, 0.15) is 17.5 Å². The third-order valence-electron chi connectivity index (χ3n) is 4.26. The van der Waals surface area contributed by atoms with E-state index in [9.17, 15) is 5.26 Å². The van der Waals surface area contributed by atoms with Crippen LogP contribution in [0.2, 0.25) is 0 Å². The summed E-state index contributed by atoms with van der Waals surface area (Å²) < 4.78 is 2.10. The molecule has 0 aliphatic rings. The zero-order valence-electron chi connectivity index (χ0n) is 13.9. The molecule has 0 bridgehead atoms. The molecule has 0 unspecified atom stereocenters. The fourth-order valence-electron chi connectivity index (χ4n) is 3.08. The summed E-state index contributed by atoms with van der Waals surface area (Å²) in [6.45, 7) is 2.97. The highest BCUT2D eigenvalue weighted by Gasteiger charge is 2.23. The first kappa shape index (κ1) is 15.9. The van der Waals surface area contributed by atoms with Gasteiger partial charge in [-0.25, -0.2) is 0 Å². The molecule has 2 N–H and O–H groups in total. The molecule has 0 aliphatic heterocycles. The smallest absolute Gasteiger partial charge is 0.122 e. The Labute approximate surface area is 143 Å². The number of unbranched alkanes of at least 4 members (excludes halogenated alkanes) is 1. The number of nitrogens with zero attached hydrogens (tertiary/aromatic N) is 2. The summed E-state index contributed by atoms with van der Waals surface area (Å²) in [7, 11) is 0. The summed E-state index contributed by atoms with van der Waals surface area (Å²) >= 11 is 0. The molecule has 1 aromatic heterocycles. The van der Waals surface area contributed by atoms with Crippen LogP contribution in [-0.4, -0.2) is 4.57 Å². The van der Waals surface area contributed by atoms with Crippen LogP contribution >= 0.6 is 0 Å². The maximum atomic E-state index is 9.73. The molecule has 24 heavy (non-hydrogen) atoms. The van der Waals surface area contributed by atoms with E-state index in [2.05, 4.69) is 29.7 Å². The Morgan fingerprint density at radius 1 is 0.958 bits per heavy atom. The van der Waals surface area contributed by atoms with E-state index < -0.39 is 0 Å². The van der Waals surface area contributed by atoms with E-state index in [0.717, 1.165) is 41.8 Å². The van der Waals surface area contributed by atoms with Crippen molar-refractivity contribution in [2.75, 3.05) is 5.73 Å². The third kappa shape index (κ3) is 2.79. The summed E-state index contributed by atoms with van der Waals surface area (Å²) in [5, 5.41) is 9.73. The second kappa shape index (κ2) is 7.06. The van der Waals surface area contributed by atoms with Crippen LogP contribution in [0.25, 0.3) is 22.4 Å². The lowest BCUT2D eigenvalue weighted by Gasteiger charge is -2.13. The summed E-state index contributed by atoms with van der Waals surface area (Å²) in [6, 6.07) is 22.5. The largest absolute Gasteiger partial charge is 0.384 e. The van der Waals surface area contributed by atoms with Gasteiger partial charge >= 0.3 is 0 Å². The minimum atomic E-state index is 0.559.